The number of hydrogen-bond acceptors (Lipinski definition) is 27. The Kier molecular flexibility index (Phi) is 15.4. The van der Waals surface area contributed by atoms with Crippen molar-refractivity contribution in [2.75, 3.05) is 45.0 Å². The second-order valence-corrected chi connectivity index (χ2v) is 22.0. The maximum atomic E-state index is 13.3. The number of nitrogens with two attached hydrogens (primary N) is 2. The van der Waals surface area contributed by atoms with E-state index in [1.165, 1.54) is 40.5 Å². The number of phosphoric acid groups is 4. The molecule has 12 N–H and O–H groups in total. The van der Waals surface area contributed by atoms with Gasteiger partial charge in [-0.25, -0.2) is 38.0 Å². The molecule has 8 rings (SSSR count). The lowest BCUT2D eigenvalue weighted by atomic mass is 9.99. The van der Waals surface area contributed by atoms with Gasteiger partial charge in [0.1, 0.15) is 48.6 Å². The zero-order chi connectivity index (χ0) is 52.2. The minimum atomic E-state index is -6.14. The number of aromatic amines is 2. The van der Waals surface area contributed by atoms with Crippen LogP contribution in [-0.2, 0) is 71.0 Å². The number of hydrogen-bond donors (Lipinski definition) is 10. The van der Waals surface area contributed by atoms with Gasteiger partial charge in [0.25, 0.3) is 24.5 Å². The van der Waals surface area contributed by atoms with Crippen molar-refractivity contribution < 1.29 is 103 Å². The highest BCUT2D eigenvalue weighted by Gasteiger charge is 2.51. The van der Waals surface area contributed by atoms with E-state index in [-0.39, 0.29) is 40.7 Å². The van der Waals surface area contributed by atoms with E-state index < -0.39 is 142 Å². The number of H-pyrrole nitrogens is 2. The average Bonchev–Trinajstić information content (AvgIpc) is 4.09. The summed E-state index contributed by atoms with van der Waals surface area (Å²) in [6.45, 7) is -3.43. The number of anilines is 2. The van der Waals surface area contributed by atoms with Crippen molar-refractivity contribution in [1.29, 1.82) is 0 Å². The number of phosphoric ester groups is 3. The Morgan fingerprint density at radius 1 is 0.806 bits per heavy atom. The van der Waals surface area contributed by atoms with Gasteiger partial charge in [0.05, 0.1) is 52.0 Å². The number of aliphatic hydroxyl groups excluding tert-OH is 3. The number of methoxy groups -OCH3 is 1. The van der Waals surface area contributed by atoms with Gasteiger partial charge in [-0.3, -0.25) is 42.3 Å². The normalized spacial score (nSPS) is 30.1. The van der Waals surface area contributed by atoms with Crippen LogP contribution < -0.4 is 37.7 Å². The molecule has 3 aliphatic heterocycles. The molecule has 72 heavy (non-hydrogen) atoms. The lowest BCUT2D eigenvalue weighted by Gasteiger charge is -2.29. The Labute approximate surface area is 400 Å². The van der Waals surface area contributed by atoms with Crippen molar-refractivity contribution in [2.45, 2.75) is 67.8 Å². The predicted molar refractivity (Wildman–Crippen MR) is 229 cm³/mol. The van der Waals surface area contributed by atoms with Crippen LogP contribution >= 0.6 is 31.3 Å². The zero-order valence-electron chi connectivity index (χ0n) is 36.8. The third-order valence-corrected chi connectivity index (χ3v) is 16.4. The average molecular weight is 1100 g/mol. The largest absolute Gasteiger partial charge is 0.756 e. The number of ether oxygens (including phenoxy) is 4. The smallest absolute Gasteiger partial charge is 0.490 e. The van der Waals surface area contributed by atoms with E-state index in [0.29, 0.717) is 0 Å². The molecule has 0 aliphatic carbocycles. The monoisotopic (exact) mass is 1100 g/mol. The standard InChI is InChI=1S/C32H44N12O24P4/c1-41-12-44(27-21(41)28(49)40-31(34)39-27)29-22(46)13(6-59-2)15(64-29)7-61-70(53,54)67-72(57,58)68-71(55,56)62-8-16-14(5-19(63-16)43-11-37-20-25(33)35-10-36-26(20)43)66-69(51,52)60-9-17-23(47)24(48)30(65-17)42-4-3-18(45)38-32(42)50/h3-4,10-17,19,22-24,29-30,46-48H,5-9H2,1-2H3,(H9-,33,34,35,36,38,39,40,45,49,50,51,52,53,54,55,56,57,58)/t13-,14+,15-,16?,17-,19-,22-,23-,24-,29-,30-/m1/s1. The van der Waals surface area contributed by atoms with Crippen LogP contribution in [0, 0.1) is 5.92 Å². The lowest BCUT2D eigenvalue weighted by molar-refractivity contribution is -0.646. The van der Waals surface area contributed by atoms with Crippen molar-refractivity contribution >= 4 is 65.4 Å². The van der Waals surface area contributed by atoms with Crippen molar-refractivity contribution in [3.8, 4) is 0 Å². The zero-order valence-corrected chi connectivity index (χ0v) is 40.4. The summed E-state index contributed by atoms with van der Waals surface area (Å²) in [6.07, 6.45) is -11.6. The molecule has 0 bridgehead atoms. The summed E-state index contributed by atoms with van der Waals surface area (Å²) in [5.41, 5.74) is 9.34. The van der Waals surface area contributed by atoms with E-state index in [4.69, 9.17) is 48.5 Å². The summed E-state index contributed by atoms with van der Waals surface area (Å²) in [5, 5.41) is 32.3. The first-order chi connectivity index (χ1) is 33.8. The molecule has 15 atom stereocenters. The number of fused-ring (bicyclic) bond motifs is 2. The van der Waals surface area contributed by atoms with Gasteiger partial charge in [-0.05, 0) is 0 Å². The molecule has 0 saturated carbocycles. The first kappa shape index (κ1) is 53.7. The predicted octanol–water partition coefficient (Wildman–Crippen LogP) is -4.23. The molecule has 36 nitrogen and oxygen atoms in total. The number of nitrogen functional groups attached to an aromatic ring is 2. The molecule has 0 spiro atoms. The number of nitrogens with one attached hydrogen (secondary N) is 2. The van der Waals surface area contributed by atoms with Crippen LogP contribution in [0.15, 0.2) is 45.6 Å². The van der Waals surface area contributed by atoms with Gasteiger partial charge < -0.3 is 74.4 Å². The van der Waals surface area contributed by atoms with E-state index in [1.807, 2.05) is 4.98 Å². The Bertz CT molecular complexity index is 3210. The summed E-state index contributed by atoms with van der Waals surface area (Å²) >= 11 is 0. The molecule has 5 aromatic heterocycles. The number of nitrogens with zero attached hydrogens (tertiary/aromatic N) is 8. The fourth-order valence-corrected chi connectivity index (χ4v) is 12.5. The van der Waals surface area contributed by atoms with E-state index >= 15 is 0 Å². The highest BCUT2D eigenvalue weighted by atomic mass is 31.3. The number of imidazole rings is 2. The van der Waals surface area contributed by atoms with Gasteiger partial charge in [0, 0.05) is 31.7 Å². The van der Waals surface area contributed by atoms with E-state index in [2.05, 4.69) is 33.5 Å². The lowest BCUT2D eigenvalue weighted by Crippen LogP contribution is -2.37. The van der Waals surface area contributed by atoms with Crippen LogP contribution in [0.1, 0.15) is 25.1 Å². The first-order valence-electron chi connectivity index (χ1n) is 20.6. The van der Waals surface area contributed by atoms with Gasteiger partial charge >= 0.3 is 34.7 Å². The Morgan fingerprint density at radius 3 is 2.14 bits per heavy atom. The summed E-state index contributed by atoms with van der Waals surface area (Å²) in [5.74, 6) is -1.36. The van der Waals surface area contributed by atoms with Gasteiger partial charge in [-0.15, -0.1) is 0 Å². The van der Waals surface area contributed by atoms with Crippen molar-refractivity contribution in [2.24, 2.45) is 13.0 Å². The van der Waals surface area contributed by atoms with Gasteiger partial charge in [0.2, 0.25) is 18.5 Å². The van der Waals surface area contributed by atoms with E-state index in [0.717, 1.165) is 23.2 Å². The maximum absolute atomic E-state index is 13.3. The SMILES string of the molecule is COC[C@H]1[C@@H](O)[C@H](n2c[n+](C)c3c(=O)[nH]c(N)nc32)O[C@@H]1COP(=O)(O)OP(=O)(O)OP(=O)(O)OCC1O[C@@H](n2cnc3c(N)ncnc32)C[C@@H]1OP(=O)([O-])OC[C@H]1O[C@@H](n2ccc(=O)[nH]c2=O)[C@H](O)[C@@H]1O. The number of aliphatic hydroxyl groups is 3. The molecule has 0 aromatic carbocycles. The molecule has 3 aliphatic rings. The second-order valence-electron chi connectivity index (χ2n) is 16.0. The van der Waals surface area contributed by atoms with Crippen LogP contribution in [0.25, 0.3) is 22.3 Å². The molecule has 40 heteroatoms. The molecule has 396 valence electrons. The van der Waals surface area contributed by atoms with Crippen LogP contribution in [0.4, 0.5) is 11.8 Å². The molecule has 3 fully saturated rings. The molecule has 5 unspecified atom stereocenters. The number of aryl methyl sites for hydroxylation is 1. The number of rotatable bonds is 20. The van der Waals surface area contributed by atoms with Gasteiger partial charge in [0.15, 0.2) is 17.7 Å². The van der Waals surface area contributed by atoms with Gasteiger partial charge in [-0.1, -0.05) is 0 Å². The van der Waals surface area contributed by atoms with Crippen LogP contribution in [0.2, 0.25) is 0 Å². The second kappa shape index (κ2) is 20.6. The van der Waals surface area contributed by atoms with Crippen LogP contribution in [0.5, 0.6) is 0 Å². The number of aromatic nitrogens is 10. The fraction of sp³-hybridized carbons (Fsp3) is 0.562. The molecular formula is C32H44N12O24P4. The fourth-order valence-electron chi connectivity index (χ4n) is 7.99. The van der Waals surface area contributed by atoms with E-state index in [1.54, 1.807) is 0 Å². The van der Waals surface area contributed by atoms with Crippen molar-refractivity contribution in [1.82, 2.24) is 43.6 Å². The molecule has 3 saturated heterocycles. The minimum absolute atomic E-state index is 0.0183. The third-order valence-electron chi connectivity index (χ3n) is 11.2. The quantitative estimate of drug-likeness (QED) is 0.0261. The molecule has 8 heterocycles. The summed E-state index contributed by atoms with van der Waals surface area (Å²) in [7, 11) is -20.6. The van der Waals surface area contributed by atoms with Crippen molar-refractivity contribution in [3.63, 3.8) is 0 Å². The maximum Gasteiger partial charge on any atom is 0.490 e. The van der Waals surface area contributed by atoms with Crippen molar-refractivity contribution in [3.05, 3.63) is 62.4 Å². The van der Waals surface area contributed by atoms with Crippen LogP contribution in [-0.4, -0.2) is 150 Å². The highest BCUT2D eigenvalue weighted by molar-refractivity contribution is 7.66. The molecule has 0 radical (unpaired) electrons. The molecule has 0 amide bonds. The summed E-state index contributed by atoms with van der Waals surface area (Å²) in [6, 6.07) is 0.923. The summed E-state index contributed by atoms with van der Waals surface area (Å²) < 4.78 is 108. The molecular weight excluding hydrogens is 1060 g/mol. The first-order valence-corrected chi connectivity index (χ1v) is 26.5. The van der Waals surface area contributed by atoms with Gasteiger partial charge in [-0.2, -0.15) is 18.2 Å². The Morgan fingerprint density at radius 2 is 1.46 bits per heavy atom. The van der Waals surface area contributed by atoms with E-state index in [9.17, 15) is 67.5 Å². The highest BCUT2D eigenvalue weighted by Crippen LogP contribution is 2.68. The Hall–Kier alpha value is -4.58. The van der Waals surface area contributed by atoms with Crippen LogP contribution in [0.3, 0.4) is 0 Å². The summed E-state index contributed by atoms with van der Waals surface area (Å²) in [4.78, 5) is 101. The Balaban J connectivity index is 0.912. The minimum Gasteiger partial charge on any atom is -0.756 e. The third kappa shape index (κ3) is 11.5. The molecule has 5 aromatic rings. The topological polar surface area (TPSA) is 510 Å².